The predicted molar refractivity (Wildman–Crippen MR) is 62.0 cm³/mol. The van der Waals surface area contributed by atoms with Gasteiger partial charge in [0.15, 0.2) is 0 Å². The van der Waals surface area contributed by atoms with E-state index in [0.29, 0.717) is 25.7 Å². The first-order chi connectivity index (χ1) is 7.74. The van der Waals surface area contributed by atoms with E-state index in [1.807, 2.05) is 30.3 Å². The number of alkyl halides is 1. The number of halogens is 1. The van der Waals surface area contributed by atoms with E-state index < -0.39 is 0 Å². The van der Waals surface area contributed by atoms with Crippen molar-refractivity contribution >= 4 is 5.78 Å². The number of hydrogen-bond donors (Lipinski definition) is 0. The summed E-state index contributed by atoms with van der Waals surface area (Å²) in [6, 6.07) is 10.0. The number of carbonyl (C=O) groups is 1. The van der Waals surface area contributed by atoms with E-state index in [-0.39, 0.29) is 17.9 Å². The summed E-state index contributed by atoms with van der Waals surface area (Å²) < 4.78 is 13.2. The summed E-state index contributed by atoms with van der Waals surface area (Å²) in [6.45, 7) is -0.310. The van der Waals surface area contributed by atoms with Gasteiger partial charge in [-0.15, -0.1) is 0 Å². The number of rotatable bonds is 3. The fourth-order valence-electron chi connectivity index (χ4n) is 2.45. The van der Waals surface area contributed by atoms with Gasteiger partial charge in [-0.3, -0.25) is 9.18 Å². The van der Waals surface area contributed by atoms with E-state index >= 15 is 0 Å². The lowest BCUT2D eigenvalue weighted by molar-refractivity contribution is -0.122. The molecule has 86 valence electrons. The normalized spacial score (nSPS) is 19.7. The van der Waals surface area contributed by atoms with Crippen LogP contribution in [0.3, 0.4) is 0 Å². The SMILES string of the molecule is O=C1CCC(CF)(Cc2ccccc2)CC1. The summed E-state index contributed by atoms with van der Waals surface area (Å²) >= 11 is 0. The van der Waals surface area contributed by atoms with Crippen molar-refractivity contribution in [3.05, 3.63) is 35.9 Å². The summed E-state index contributed by atoms with van der Waals surface area (Å²) in [6.07, 6.45) is 3.28. The van der Waals surface area contributed by atoms with Crippen molar-refractivity contribution in [1.82, 2.24) is 0 Å². The van der Waals surface area contributed by atoms with Gasteiger partial charge in [-0.2, -0.15) is 0 Å². The fraction of sp³-hybridized carbons (Fsp3) is 0.500. The molecule has 1 nitrogen and oxygen atoms in total. The highest BCUT2D eigenvalue weighted by Crippen LogP contribution is 2.38. The van der Waals surface area contributed by atoms with Gasteiger partial charge in [0, 0.05) is 18.3 Å². The Labute approximate surface area is 95.7 Å². The highest BCUT2D eigenvalue weighted by atomic mass is 19.1. The first-order valence-corrected chi connectivity index (χ1v) is 5.86. The molecule has 1 aromatic rings. The maximum Gasteiger partial charge on any atom is 0.132 e. The average Bonchev–Trinajstić information content (AvgIpc) is 2.34. The maximum absolute atomic E-state index is 13.2. The average molecular weight is 220 g/mol. The Hall–Kier alpha value is -1.18. The van der Waals surface area contributed by atoms with Crippen LogP contribution in [0.25, 0.3) is 0 Å². The third kappa shape index (κ3) is 2.49. The minimum absolute atomic E-state index is 0.282. The zero-order valence-electron chi connectivity index (χ0n) is 9.42. The van der Waals surface area contributed by atoms with Crippen molar-refractivity contribution in [2.75, 3.05) is 6.67 Å². The molecule has 0 amide bonds. The third-order valence-electron chi connectivity index (χ3n) is 3.57. The van der Waals surface area contributed by atoms with Crippen LogP contribution in [0.15, 0.2) is 30.3 Å². The van der Waals surface area contributed by atoms with Crippen LogP contribution in [0.2, 0.25) is 0 Å². The molecule has 0 aliphatic heterocycles. The Morgan fingerprint density at radius 2 is 1.75 bits per heavy atom. The van der Waals surface area contributed by atoms with E-state index in [4.69, 9.17) is 0 Å². The molecule has 1 aromatic carbocycles. The van der Waals surface area contributed by atoms with E-state index in [9.17, 15) is 9.18 Å². The monoisotopic (exact) mass is 220 g/mol. The lowest BCUT2D eigenvalue weighted by Crippen LogP contribution is -2.31. The van der Waals surface area contributed by atoms with E-state index in [0.717, 1.165) is 6.42 Å². The van der Waals surface area contributed by atoms with Crippen molar-refractivity contribution in [3.8, 4) is 0 Å². The van der Waals surface area contributed by atoms with Gasteiger partial charge in [-0.05, 0) is 24.8 Å². The maximum atomic E-state index is 13.2. The highest BCUT2D eigenvalue weighted by Gasteiger charge is 2.34. The standard InChI is InChI=1S/C14H17FO/c15-11-14(8-6-13(16)7-9-14)10-12-4-2-1-3-5-12/h1-5H,6-11H2. The number of benzene rings is 1. The molecule has 2 heteroatoms. The van der Waals surface area contributed by atoms with Crippen molar-refractivity contribution in [2.45, 2.75) is 32.1 Å². The molecule has 1 fully saturated rings. The Balaban J connectivity index is 2.08. The van der Waals surface area contributed by atoms with Crippen LogP contribution in [0.1, 0.15) is 31.2 Å². The van der Waals surface area contributed by atoms with Gasteiger partial charge in [0.05, 0.1) is 6.67 Å². The van der Waals surface area contributed by atoms with Gasteiger partial charge in [0.1, 0.15) is 5.78 Å². The van der Waals surface area contributed by atoms with Crippen LogP contribution in [0.4, 0.5) is 4.39 Å². The first kappa shape index (κ1) is 11.3. The molecule has 0 N–H and O–H groups in total. The molecule has 0 unspecified atom stereocenters. The van der Waals surface area contributed by atoms with Crippen molar-refractivity contribution in [1.29, 1.82) is 0 Å². The summed E-state index contributed by atoms with van der Waals surface area (Å²) in [5.74, 6) is 0.289. The summed E-state index contributed by atoms with van der Waals surface area (Å²) in [5.41, 5.74) is 0.893. The van der Waals surface area contributed by atoms with Gasteiger partial charge in [-0.25, -0.2) is 0 Å². The molecular formula is C14H17FO. The van der Waals surface area contributed by atoms with Crippen LogP contribution in [0.5, 0.6) is 0 Å². The highest BCUT2D eigenvalue weighted by molar-refractivity contribution is 5.79. The van der Waals surface area contributed by atoms with Crippen LogP contribution >= 0.6 is 0 Å². The molecule has 0 heterocycles. The minimum Gasteiger partial charge on any atom is -0.300 e. The Kier molecular flexibility index (Phi) is 3.37. The molecule has 0 atom stereocenters. The molecule has 1 aliphatic rings. The molecule has 1 aliphatic carbocycles. The fourth-order valence-corrected chi connectivity index (χ4v) is 2.45. The van der Waals surface area contributed by atoms with Crippen molar-refractivity contribution in [2.24, 2.45) is 5.41 Å². The second-order valence-corrected chi connectivity index (χ2v) is 4.83. The lowest BCUT2D eigenvalue weighted by atomic mass is 9.71. The largest absolute Gasteiger partial charge is 0.300 e. The van der Waals surface area contributed by atoms with Gasteiger partial charge in [0.25, 0.3) is 0 Å². The Morgan fingerprint density at radius 3 is 2.31 bits per heavy atom. The number of Topliss-reactive ketones (excluding diaryl/α,β-unsaturated/α-hetero) is 1. The second-order valence-electron chi connectivity index (χ2n) is 4.83. The zero-order valence-corrected chi connectivity index (χ0v) is 9.42. The van der Waals surface area contributed by atoms with Gasteiger partial charge in [0.2, 0.25) is 0 Å². The number of carbonyl (C=O) groups excluding carboxylic acids is 1. The first-order valence-electron chi connectivity index (χ1n) is 5.86. The molecule has 16 heavy (non-hydrogen) atoms. The summed E-state index contributed by atoms with van der Waals surface area (Å²) in [5, 5.41) is 0. The minimum atomic E-state index is -0.310. The molecule has 0 spiro atoms. The Bertz CT molecular complexity index is 348. The molecule has 0 bridgehead atoms. The molecule has 0 aromatic heterocycles. The lowest BCUT2D eigenvalue weighted by Gasteiger charge is -2.34. The van der Waals surface area contributed by atoms with E-state index in [2.05, 4.69) is 0 Å². The number of ketones is 1. The van der Waals surface area contributed by atoms with Gasteiger partial charge < -0.3 is 0 Å². The van der Waals surface area contributed by atoms with Gasteiger partial charge >= 0.3 is 0 Å². The van der Waals surface area contributed by atoms with Crippen LogP contribution in [0, 0.1) is 5.41 Å². The third-order valence-corrected chi connectivity index (χ3v) is 3.57. The summed E-state index contributed by atoms with van der Waals surface area (Å²) in [4.78, 5) is 11.2. The van der Waals surface area contributed by atoms with Crippen molar-refractivity contribution < 1.29 is 9.18 Å². The van der Waals surface area contributed by atoms with Crippen LogP contribution in [-0.4, -0.2) is 12.5 Å². The van der Waals surface area contributed by atoms with E-state index in [1.54, 1.807) is 0 Å². The predicted octanol–water partition coefficient (Wildman–Crippen LogP) is 3.33. The second kappa shape index (κ2) is 4.77. The molecular weight excluding hydrogens is 203 g/mol. The smallest absolute Gasteiger partial charge is 0.132 e. The summed E-state index contributed by atoms with van der Waals surface area (Å²) in [7, 11) is 0. The number of hydrogen-bond acceptors (Lipinski definition) is 1. The molecule has 1 saturated carbocycles. The molecule has 0 saturated heterocycles. The van der Waals surface area contributed by atoms with Crippen molar-refractivity contribution in [3.63, 3.8) is 0 Å². The van der Waals surface area contributed by atoms with E-state index in [1.165, 1.54) is 5.56 Å². The quantitative estimate of drug-likeness (QED) is 0.763. The molecule has 0 radical (unpaired) electrons. The van der Waals surface area contributed by atoms with Crippen LogP contribution in [-0.2, 0) is 11.2 Å². The van der Waals surface area contributed by atoms with Gasteiger partial charge in [-0.1, -0.05) is 30.3 Å². The molecule has 2 rings (SSSR count). The topological polar surface area (TPSA) is 17.1 Å². The van der Waals surface area contributed by atoms with Crippen LogP contribution < -0.4 is 0 Å². The zero-order chi connectivity index (χ0) is 11.4. The Morgan fingerprint density at radius 1 is 1.12 bits per heavy atom.